The molecule has 0 spiro atoms. The van der Waals surface area contributed by atoms with Crippen LogP contribution in [0.2, 0.25) is 0 Å². The Kier molecular flexibility index (Phi) is 17.2. The van der Waals surface area contributed by atoms with E-state index in [-0.39, 0.29) is 0 Å². The summed E-state index contributed by atoms with van der Waals surface area (Å²) in [7, 11) is 0. The fourth-order valence-electron chi connectivity index (χ4n) is 4.03. The van der Waals surface area contributed by atoms with Gasteiger partial charge in [-0.2, -0.15) is 5.11 Å². The molecule has 0 fully saturated rings. The van der Waals surface area contributed by atoms with Gasteiger partial charge in [-0.1, -0.05) is 71.2 Å². The van der Waals surface area contributed by atoms with Gasteiger partial charge in [0.2, 0.25) is 0 Å². The summed E-state index contributed by atoms with van der Waals surface area (Å²) in [6.45, 7) is 18.5. The van der Waals surface area contributed by atoms with Gasteiger partial charge >= 0.3 is 0 Å². The minimum Gasteiger partial charge on any atom is -0.491 e. The van der Waals surface area contributed by atoms with Crippen LogP contribution in [-0.4, -0.2) is 39.0 Å². The Labute approximate surface area is 249 Å². The highest BCUT2D eigenvalue weighted by Crippen LogP contribution is 2.31. The summed E-state index contributed by atoms with van der Waals surface area (Å²) in [5.74, 6) is 7.48. The van der Waals surface area contributed by atoms with E-state index in [2.05, 4.69) is 98.2 Å². The number of hydrogen-bond acceptors (Lipinski definition) is 6. The molecule has 2 aromatic rings. The van der Waals surface area contributed by atoms with Gasteiger partial charge in [0, 0.05) is 30.8 Å². The van der Waals surface area contributed by atoms with Crippen molar-refractivity contribution in [2.24, 2.45) is 16.1 Å². The van der Waals surface area contributed by atoms with E-state index in [1.54, 1.807) is 0 Å². The van der Waals surface area contributed by atoms with E-state index >= 15 is 0 Å². The summed E-state index contributed by atoms with van der Waals surface area (Å²) in [6.07, 6.45) is 7.01. The van der Waals surface area contributed by atoms with Crippen molar-refractivity contribution < 1.29 is 9.47 Å². The quantitative estimate of drug-likeness (QED) is 0.0971. The molecule has 6 nitrogen and oxygen atoms in total. The van der Waals surface area contributed by atoms with E-state index in [0.717, 1.165) is 87.5 Å². The second-order valence-electron chi connectivity index (χ2n) is 10.9. The number of hydrogen-bond donors (Lipinski definition) is 2. The van der Waals surface area contributed by atoms with Crippen LogP contribution in [0, 0.1) is 17.8 Å². The second-order valence-corrected chi connectivity index (χ2v) is 10.9. The number of ether oxygens (including phenoxy) is 2. The molecule has 0 saturated heterocycles. The number of rotatable bonds is 20. The lowest BCUT2D eigenvalue weighted by molar-refractivity contribution is 0.129. The molecule has 6 heteroatoms. The van der Waals surface area contributed by atoms with Gasteiger partial charge in [-0.15, -0.1) is 5.11 Å². The lowest BCUT2D eigenvalue weighted by Gasteiger charge is -2.10. The maximum absolute atomic E-state index is 6.10. The molecule has 0 aliphatic heterocycles. The van der Waals surface area contributed by atoms with Crippen LogP contribution in [0.25, 0.3) is 0 Å². The third-order valence-corrected chi connectivity index (χ3v) is 6.39. The molecule has 2 N–H and O–H groups in total. The Hall–Kier alpha value is -3.14. The maximum Gasteiger partial charge on any atom is 0.146 e. The third kappa shape index (κ3) is 16.0. The second kappa shape index (κ2) is 20.7. The molecule has 0 bridgehead atoms. The highest BCUT2D eigenvalue weighted by molar-refractivity contribution is 5.54. The zero-order chi connectivity index (χ0) is 29.7. The topological polar surface area (TPSA) is 67.2 Å². The van der Waals surface area contributed by atoms with E-state index in [9.17, 15) is 0 Å². The first-order valence-corrected chi connectivity index (χ1v) is 15.3. The van der Waals surface area contributed by atoms with Gasteiger partial charge < -0.3 is 20.1 Å². The zero-order valence-corrected chi connectivity index (χ0v) is 26.1. The van der Waals surface area contributed by atoms with Crippen LogP contribution in [0.5, 0.6) is 5.75 Å². The van der Waals surface area contributed by atoms with Crippen molar-refractivity contribution in [3.63, 3.8) is 0 Å². The van der Waals surface area contributed by atoms with E-state index < -0.39 is 0 Å². The Morgan fingerprint density at radius 1 is 0.902 bits per heavy atom. The van der Waals surface area contributed by atoms with Gasteiger partial charge in [0.05, 0.1) is 25.4 Å². The van der Waals surface area contributed by atoms with Crippen LogP contribution in [0.4, 0.5) is 11.4 Å². The molecule has 0 saturated carbocycles. The number of azo groups is 1. The van der Waals surface area contributed by atoms with Gasteiger partial charge in [-0.25, -0.2) is 0 Å². The Bertz CT molecular complexity index is 1100. The van der Waals surface area contributed by atoms with Crippen molar-refractivity contribution in [3.8, 4) is 17.6 Å². The van der Waals surface area contributed by atoms with Gasteiger partial charge in [-0.05, 0) is 80.3 Å². The third-order valence-electron chi connectivity index (χ3n) is 6.39. The highest BCUT2D eigenvalue weighted by atomic mass is 16.5. The standard InChI is InChI=1S/C35H52N4O2/c1-7-31-18-21-35(41-25-10-8-9-24-40-26-23-36-29(4)5)34(27-31)39-38-33-19-16-32(17-20-33)15-11-14-30(6)37-22-12-13-28(2)3/h16-21,27-29,36-37H,6-11,14-15,22-26H2,1-5H3/b39-38+. The smallest absolute Gasteiger partial charge is 0.146 e. The lowest BCUT2D eigenvalue weighted by Crippen LogP contribution is -2.26. The molecule has 2 rings (SSSR count). The number of benzene rings is 2. The van der Waals surface area contributed by atoms with E-state index in [4.69, 9.17) is 9.47 Å². The van der Waals surface area contributed by atoms with Crippen LogP contribution in [0.15, 0.2) is 65.0 Å². The lowest BCUT2D eigenvalue weighted by atomic mass is 10.1. The Morgan fingerprint density at radius 3 is 2.39 bits per heavy atom. The molecule has 0 aliphatic carbocycles. The number of nitrogens with zero attached hydrogens (tertiary/aromatic N) is 2. The minimum absolute atomic E-state index is 0.401. The van der Waals surface area contributed by atoms with Gasteiger partial charge in [0.1, 0.15) is 11.4 Å². The Morgan fingerprint density at radius 2 is 1.66 bits per heavy atom. The molecule has 0 radical (unpaired) electrons. The average molecular weight is 561 g/mol. The largest absolute Gasteiger partial charge is 0.491 e. The molecule has 0 aliphatic rings. The van der Waals surface area contributed by atoms with Crippen molar-refractivity contribution in [3.05, 3.63) is 65.9 Å². The molecule has 0 aromatic heterocycles. The number of nitrogens with one attached hydrogen (secondary N) is 2. The number of unbranched alkanes of at least 4 members (excludes halogenated alkanes) is 2. The molecule has 2 aromatic carbocycles. The normalized spacial score (nSPS) is 11.2. The highest BCUT2D eigenvalue weighted by Gasteiger charge is 2.05. The molecule has 0 heterocycles. The van der Waals surface area contributed by atoms with Crippen molar-refractivity contribution in [2.75, 3.05) is 32.9 Å². The predicted molar refractivity (Wildman–Crippen MR) is 172 cm³/mol. The first kappa shape index (κ1) is 34.1. The SMILES string of the molecule is C=C(CCCc1ccc(/N=N/c2cc(CC)ccc2OCCCCCOCCNC(C)C)cc1)NCC#CC(C)C. The number of aryl methyl sites for hydroxylation is 2. The predicted octanol–water partition coefficient (Wildman–Crippen LogP) is 8.31. The summed E-state index contributed by atoms with van der Waals surface area (Å²) < 4.78 is 11.8. The zero-order valence-electron chi connectivity index (χ0n) is 26.1. The van der Waals surface area contributed by atoms with Gasteiger partial charge in [-0.3, -0.25) is 0 Å². The fraction of sp³-hybridized carbons (Fsp3) is 0.543. The monoisotopic (exact) mass is 560 g/mol. The summed E-state index contributed by atoms with van der Waals surface area (Å²) in [5.41, 5.74) is 5.15. The molecule has 0 atom stereocenters. The Balaban J connectivity index is 1.76. The average Bonchev–Trinajstić information content (AvgIpc) is 2.96. The van der Waals surface area contributed by atoms with E-state index in [1.165, 1.54) is 11.1 Å². The van der Waals surface area contributed by atoms with Crippen molar-refractivity contribution in [2.45, 2.75) is 85.6 Å². The van der Waals surface area contributed by atoms with E-state index in [0.29, 0.717) is 25.1 Å². The summed E-state index contributed by atoms with van der Waals surface area (Å²) in [4.78, 5) is 0. The van der Waals surface area contributed by atoms with Crippen molar-refractivity contribution in [1.82, 2.24) is 10.6 Å². The van der Waals surface area contributed by atoms with Crippen molar-refractivity contribution in [1.29, 1.82) is 0 Å². The maximum atomic E-state index is 6.10. The molecule has 224 valence electrons. The molecular formula is C35H52N4O2. The minimum atomic E-state index is 0.401. The van der Waals surface area contributed by atoms with Crippen LogP contribution in [0.1, 0.15) is 77.8 Å². The first-order chi connectivity index (χ1) is 19.9. The van der Waals surface area contributed by atoms with Gasteiger partial charge in [0.15, 0.2) is 0 Å². The summed E-state index contributed by atoms with van der Waals surface area (Å²) in [6, 6.07) is 15.0. The van der Waals surface area contributed by atoms with Crippen LogP contribution in [0.3, 0.4) is 0 Å². The molecular weight excluding hydrogens is 508 g/mol. The molecule has 0 unspecified atom stereocenters. The van der Waals surface area contributed by atoms with Crippen molar-refractivity contribution >= 4 is 11.4 Å². The summed E-state index contributed by atoms with van der Waals surface area (Å²) >= 11 is 0. The first-order valence-electron chi connectivity index (χ1n) is 15.3. The van der Waals surface area contributed by atoms with Crippen LogP contribution in [-0.2, 0) is 17.6 Å². The molecule has 0 amide bonds. The number of allylic oxidation sites excluding steroid dienone is 1. The van der Waals surface area contributed by atoms with Crippen LogP contribution >= 0.6 is 0 Å². The molecule has 41 heavy (non-hydrogen) atoms. The summed E-state index contributed by atoms with van der Waals surface area (Å²) in [5, 5.41) is 15.7. The van der Waals surface area contributed by atoms with Crippen LogP contribution < -0.4 is 15.4 Å². The van der Waals surface area contributed by atoms with Gasteiger partial charge in [0.25, 0.3) is 0 Å². The van der Waals surface area contributed by atoms with E-state index in [1.807, 2.05) is 18.2 Å². The fourth-order valence-corrected chi connectivity index (χ4v) is 4.03.